The molecule has 0 atom stereocenters. The van der Waals surface area contributed by atoms with Crippen LogP contribution >= 0.6 is 0 Å². The molecule has 0 rings (SSSR count). The Labute approximate surface area is 82.5 Å². The Morgan fingerprint density at radius 2 is 2.07 bits per heavy atom. The molecule has 0 bridgehead atoms. The molecule has 0 unspecified atom stereocenters. The molecule has 5 heteroatoms. The van der Waals surface area contributed by atoms with Crippen LogP contribution in [-0.4, -0.2) is 23.8 Å². The van der Waals surface area contributed by atoms with Crippen LogP contribution in [0.2, 0.25) is 0 Å². The Morgan fingerprint density at radius 3 is 2.57 bits per heavy atom. The van der Waals surface area contributed by atoms with Crippen molar-refractivity contribution < 1.29 is 19.4 Å². The highest BCUT2D eigenvalue weighted by molar-refractivity contribution is 5.85. The molecule has 0 spiro atoms. The Kier molecular flexibility index (Phi) is 6.19. The Hall–Kier alpha value is -1.52. The van der Waals surface area contributed by atoms with E-state index >= 15 is 0 Å². The molecule has 5 nitrogen and oxygen atoms in total. The van der Waals surface area contributed by atoms with Crippen molar-refractivity contribution in [2.75, 3.05) is 6.61 Å². The number of unbranched alkanes of at least 4 members (excludes halogenated alkanes) is 2. The maximum absolute atomic E-state index is 10.4. The summed E-state index contributed by atoms with van der Waals surface area (Å²) >= 11 is 0. The third kappa shape index (κ3) is 7.15. The number of ether oxygens (including phenoxy) is 1. The van der Waals surface area contributed by atoms with Gasteiger partial charge in [-0.05, 0) is 26.2 Å². The second kappa shape index (κ2) is 6.94. The monoisotopic (exact) mass is 201 g/mol. The number of carbonyl (C=O) groups excluding carboxylic acids is 1. The van der Waals surface area contributed by atoms with Gasteiger partial charge < -0.3 is 15.6 Å². The molecule has 0 radical (unpaired) electrons. The van der Waals surface area contributed by atoms with E-state index in [1.165, 1.54) is 0 Å². The second-order valence-corrected chi connectivity index (χ2v) is 2.86. The van der Waals surface area contributed by atoms with E-state index in [0.29, 0.717) is 18.4 Å². The first-order valence-electron chi connectivity index (χ1n) is 4.36. The molecule has 0 aliphatic carbocycles. The van der Waals surface area contributed by atoms with Crippen molar-refractivity contribution in [3.63, 3.8) is 0 Å². The van der Waals surface area contributed by atoms with E-state index in [1.54, 1.807) is 13.0 Å². The summed E-state index contributed by atoms with van der Waals surface area (Å²) in [6.45, 7) is 1.83. The summed E-state index contributed by atoms with van der Waals surface area (Å²) in [5, 5.41) is 8.50. The quantitative estimate of drug-likeness (QED) is 0.500. The van der Waals surface area contributed by atoms with Gasteiger partial charge in [-0.3, -0.25) is 0 Å². The van der Waals surface area contributed by atoms with Crippen molar-refractivity contribution in [2.45, 2.75) is 26.2 Å². The molecule has 0 aliphatic heterocycles. The maximum Gasteiger partial charge on any atom is 0.404 e. The number of allylic oxidation sites excluding steroid dienone is 1. The Bertz CT molecular complexity index is 235. The zero-order valence-corrected chi connectivity index (χ0v) is 8.16. The van der Waals surface area contributed by atoms with Crippen molar-refractivity contribution in [3.8, 4) is 0 Å². The van der Waals surface area contributed by atoms with Gasteiger partial charge in [-0.15, -0.1) is 0 Å². The number of aliphatic carboxylic acids is 1. The zero-order valence-electron chi connectivity index (χ0n) is 8.16. The number of primary amides is 1. The molecule has 0 aromatic rings. The molecule has 0 aromatic carbocycles. The van der Waals surface area contributed by atoms with Gasteiger partial charge in [-0.2, -0.15) is 0 Å². The number of carboxylic acids is 1. The predicted octanol–water partition coefficient (Wildman–Crippen LogP) is 1.28. The fourth-order valence-corrected chi connectivity index (χ4v) is 0.825. The normalized spacial score (nSPS) is 11.1. The van der Waals surface area contributed by atoms with Crippen molar-refractivity contribution in [2.24, 2.45) is 5.73 Å². The third-order valence-corrected chi connectivity index (χ3v) is 1.63. The summed E-state index contributed by atoms with van der Waals surface area (Å²) in [6, 6.07) is 0. The molecule has 1 amide bonds. The van der Waals surface area contributed by atoms with Crippen LogP contribution in [-0.2, 0) is 9.53 Å². The lowest BCUT2D eigenvalue weighted by Crippen LogP contribution is -2.13. The largest absolute Gasteiger partial charge is 0.478 e. The van der Waals surface area contributed by atoms with Crippen LogP contribution < -0.4 is 5.73 Å². The predicted molar refractivity (Wildman–Crippen MR) is 50.8 cm³/mol. The molecular formula is C9H15NO4. The highest BCUT2D eigenvalue weighted by Gasteiger charge is 1.98. The van der Waals surface area contributed by atoms with Gasteiger partial charge >= 0.3 is 12.1 Å². The van der Waals surface area contributed by atoms with E-state index in [1.807, 2.05) is 0 Å². The van der Waals surface area contributed by atoms with Gasteiger partial charge in [0.25, 0.3) is 0 Å². The van der Waals surface area contributed by atoms with Gasteiger partial charge in [0.15, 0.2) is 0 Å². The average molecular weight is 201 g/mol. The number of carbonyl (C=O) groups is 2. The fraction of sp³-hybridized carbons (Fsp3) is 0.556. The van der Waals surface area contributed by atoms with E-state index in [4.69, 9.17) is 10.8 Å². The van der Waals surface area contributed by atoms with E-state index in [-0.39, 0.29) is 6.61 Å². The second-order valence-electron chi connectivity index (χ2n) is 2.86. The van der Waals surface area contributed by atoms with E-state index in [0.717, 1.165) is 6.42 Å². The van der Waals surface area contributed by atoms with Gasteiger partial charge in [-0.25, -0.2) is 9.59 Å². The Balaban J connectivity index is 3.42. The molecule has 0 fully saturated rings. The number of hydrogen-bond donors (Lipinski definition) is 2. The third-order valence-electron chi connectivity index (χ3n) is 1.63. The van der Waals surface area contributed by atoms with Crippen LogP contribution in [0.15, 0.2) is 11.6 Å². The van der Waals surface area contributed by atoms with Gasteiger partial charge in [0.2, 0.25) is 0 Å². The van der Waals surface area contributed by atoms with Crippen LogP contribution in [0.3, 0.4) is 0 Å². The van der Waals surface area contributed by atoms with E-state index in [2.05, 4.69) is 4.74 Å². The van der Waals surface area contributed by atoms with Crippen LogP contribution in [0, 0.1) is 0 Å². The lowest BCUT2D eigenvalue weighted by molar-refractivity contribution is -0.132. The highest BCUT2D eigenvalue weighted by atomic mass is 16.5. The lowest BCUT2D eigenvalue weighted by Gasteiger charge is -1.99. The van der Waals surface area contributed by atoms with Gasteiger partial charge in [-0.1, -0.05) is 6.08 Å². The summed E-state index contributed by atoms with van der Waals surface area (Å²) in [4.78, 5) is 20.5. The fourth-order valence-electron chi connectivity index (χ4n) is 0.825. The lowest BCUT2D eigenvalue weighted by atomic mass is 10.2. The molecule has 0 saturated carbocycles. The number of amides is 1. The number of nitrogens with two attached hydrogens (primary N) is 1. The summed E-state index contributed by atoms with van der Waals surface area (Å²) in [7, 11) is 0. The number of hydrogen-bond acceptors (Lipinski definition) is 3. The van der Waals surface area contributed by atoms with Crippen LogP contribution in [0.25, 0.3) is 0 Å². The van der Waals surface area contributed by atoms with Crippen LogP contribution in [0.5, 0.6) is 0 Å². The topological polar surface area (TPSA) is 89.6 Å². The minimum absolute atomic E-state index is 0.287. The van der Waals surface area contributed by atoms with E-state index in [9.17, 15) is 9.59 Å². The molecule has 0 heterocycles. The summed E-state index contributed by atoms with van der Waals surface area (Å²) in [5.74, 6) is -0.904. The minimum atomic E-state index is -0.904. The summed E-state index contributed by atoms with van der Waals surface area (Å²) in [5.41, 5.74) is 5.08. The molecule has 14 heavy (non-hydrogen) atoms. The summed E-state index contributed by atoms with van der Waals surface area (Å²) in [6.07, 6.45) is 3.00. The maximum atomic E-state index is 10.4. The van der Waals surface area contributed by atoms with Crippen LogP contribution in [0.1, 0.15) is 26.2 Å². The Morgan fingerprint density at radius 1 is 1.43 bits per heavy atom. The first-order chi connectivity index (χ1) is 6.54. The average Bonchev–Trinajstić information content (AvgIpc) is 2.09. The molecule has 0 aromatic heterocycles. The molecule has 0 saturated heterocycles. The first-order valence-corrected chi connectivity index (χ1v) is 4.36. The standard InChI is InChI=1S/C9H15NO4/c1-7(8(11)12)5-3-2-4-6-14-9(10)13/h5H,2-4,6H2,1H3,(H2,10,13)(H,11,12). The van der Waals surface area contributed by atoms with Gasteiger partial charge in [0.05, 0.1) is 6.61 Å². The summed E-state index contributed by atoms with van der Waals surface area (Å²) < 4.78 is 4.50. The van der Waals surface area contributed by atoms with Crippen LogP contribution in [0.4, 0.5) is 4.79 Å². The number of rotatable bonds is 6. The van der Waals surface area contributed by atoms with Crippen molar-refractivity contribution in [3.05, 3.63) is 11.6 Å². The number of carboxylic acid groups (broad SMARTS) is 1. The minimum Gasteiger partial charge on any atom is -0.478 e. The zero-order chi connectivity index (χ0) is 11.0. The molecule has 3 N–H and O–H groups in total. The molecule has 80 valence electrons. The van der Waals surface area contributed by atoms with Gasteiger partial charge in [0, 0.05) is 5.57 Å². The first kappa shape index (κ1) is 12.5. The highest BCUT2D eigenvalue weighted by Crippen LogP contribution is 2.01. The van der Waals surface area contributed by atoms with Gasteiger partial charge in [0.1, 0.15) is 0 Å². The molecular weight excluding hydrogens is 186 g/mol. The van der Waals surface area contributed by atoms with E-state index < -0.39 is 12.1 Å². The van der Waals surface area contributed by atoms with Crippen molar-refractivity contribution in [1.29, 1.82) is 0 Å². The van der Waals surface area contributed by atoms with Crippen molar-refractivity contribution >= 4 is 12.1 Å². The smallest absolute Gasteiger partial charge is 0.404 e. The molecule has 0 aliphatic rings. The van der Waals surface area contributed by atoms with Crippen molar-refractivity contribution in [1.82, 2.24) is 0 Å². The SMILES string of the molecule is CC(=CCCCCOC(N)=O)C(=O)O.